The topological polar surface area (TPSA) is 80.8 Å². The number of sulfonamides is 1. The molecule has 0 aromatic carbocycles. The van der Waals surface area contributed by atoms with Crippen molar-refractivity contribution in [2.45, 2.75) is 81.7 Å². The van der Waals surface area contributed by atoms with E-state index in [-0.39, 0.29) is 18.2 Å². The second-order valence-electron chi connectivity index (χ2n) is 9.12. The van der Waals surface area contributed by atoms with Crippen molar-refractivity contribution < 1.29 is 17.9 Å². The average Bonchev–Trinajstić information content (AvgIpc) is 2.75. The van der Waals surface area contributed by atoms with Gasteiger partial charge in [-0.2, -0.15) is 0 Å². The number of fused-ring (bicyclic) bond motifs is 5. The van der Waals surface area contributed by atoms with Gasteiger partial charge in [0, 0.05) is 30.4 Å². The Balaban J connectivity index is 1.54. The third-order valence-corrected chi connectivity index (χ3v) is 8.74. The maximum Gasteiger partial charge on any atom is 0.216 e. The van der Waals surface area contributed by atoms with Gasteiger partial charge in [0.05, 0.1) is 18.0 Å². The van der Waals surface area contributed by atoms with E-state index in [0.717, 1.165) is 57.5 Å². The summed E-state index contributed by atoms with van der Waals surface area (Å²) in [5.41, 5.74) is 1.22. The summed E-state index contributed by atoms with van der Waals surface area (Å²) in [6.45, 7) is 6.21. The van der Waals surface area contributed by atoms with Crippen LogP contribution in [0.2, 0.25) is 0 Å². The highest BCUT2D eigenvalue weighted by Crippen LogP contribution is 2.38. The molecule has 3 aliphatic heterocycles. The molecule has 1 aromatic rings. The Kier molecular flexibility index (Phi) is 6.97. The van der Waals surface area contributed by atoms with E-state index in [1.54, 1.807) is 20.0 Å². The van der Waals surface area contributed by atoms with Crippen LogP contribution >= 0.6 is 0 Å². The summed E-state index contributed by atoms with van der Waals surface area (Å²) in [6.07, 6.45) is 8.04. The van der Waals surface area contributed by atoms with Gasteiger partial charge in [0.2, 0.25) is 15.9 Å². The van der Waals surface area contributed by atoms with Crippen LogP contribution in [0.5, 0.6) is 5.88 Å². The van der Waals surface area contributed by atoms with E-state index in [1.165, 1.54) is 5.56 Å². The second kappa shape index (κ2) is 9.51. The molecular weight excluding hydrogens is 402 g/mol. The molecular formula is C22H35N3O4S. The zero-order valence-electron chi connectivity index (χ0n) is 18.1. The number of pyridine rings is 1. The van der Waals surface area contributed by atoms with Gasteiger partial charge in [0.1, 0.15) is 6.61 Å². The van der Waals surface area contributed by atoms with Crippen LogP contribution in [-0.2, 0) is 14.8 Å². The Morgan fingerprint density at radius 2 is 1.97 bits per heavy atom. The number of hydrogen-bond acceptors (Lipinski definition) is 6. The molecule has 1 N–H and O–H groups in total. The van der Waals surface area contributed by atoms with Crippen LogP contribution in [0.4, 0.5) is 0 Å². The first kappa shape index (κ1) is 22.0. The van der Waals surface area contributed by atoms with Gasteiger partial charge in [0.25, 0.3) is 0 Å². The van der Waals surface area contributed by atoms with Gasteiger partial charge in [-0.15, -0.1) is 0 Å². The maximum absolute atomic E-state index is 12.6. The van der Waals surface area contributed by atoms with Crippen LogP contribution in [0.1, 0.15) is 63.9 Å². The molecule has 4 aliphatic rings. The SMILES string of the molecule is CC(C)S(=O)(=O)N[C@H]1CCCN2CCOc3ncccc3C3CCC(CC3)OC[C@@H]12. The van der Waals surface area contributed by atoms with Crippen molar-refractivity contribution >= 4 is 10.0 Å². The quantitative estimate of drug-likeness (QED) is 0.783. The molecule has 5 rings (SSSR count). The largest absolute Gasteiger partial charge is 0.476 e. The van der Waals surface area contributed by atoms with E-state index in [0.29, 0.717) is 19.1 Å². The number of nitrogens with one attached hydrogen (secondary N) is 1. The molecule has 7 nitrogen and oxygen atoms in total. The summed E-state index contributed by atoms with van der Waals surface area (Å²) in [7, 11) is -3.33. The van der Waals surface area contributed by atoms with E-state index in [4.69, 9.17) is 9.47 Å². The van der Waals surface area contributed by atoms with E-state index >= 15 is 0 Å². The third kappa shape index (κ3) is 4.98. The van der Waals surface area contributed by atoms with Crippen molar-refractivity contribution in [3.8, 4) is 5.88 Å². The smallest absolute Gasteiger partial charge is 0.216 e. The van der Waals surface area contributed by atoms with Crippen LogP contribution in [0.3, 0.4) is 0 Å². The fourth-order valence-electron chi connectivity index (χ4n) is 4.98. The molecule has 1 saturated heterocycles. The Labute approximate surface area is 180 Å². The first-order chi connectivity index (χ1) is 14.4. The monoisotopic (exact) mass is 437 g/mol. The van der Waals surface area contributed by atoms with E-state index < -0.39 is 15.3 Å². The number of nitrogens with zero attached hydrogens (tertiary/aromatic N) is 2. The molecule has 0 unspecified atom stereocenters. The highest BCUT2D eigenvalue weighted by atomic mass is 32.2. The predicted molar refractivity (Wildman–Crippen MR) is 116 cm³/mol. The molecule has 1 saturated carbocycles. The maximum atomic E-state index is 12.6. The van der Waals surface area contributed by atoms with Crippen LogP contribution in [0, 0.1) is 0 Å². The van der Waals surface area contributed by atoms with E-state index in [2.05, 4.69) is 20.7 Å². The van der Waals surface area contributed by atoms with Crippen molar-refractivity contribution in [3.05, 3.63) is 23.9 Å². The van der Waals surface area contributed by atoms with Crippen molar-refractivity contribution in [2.75, 3.05) is 26.3 Å². The normalized spacial score (nSPS) is 31.0. The molecule has 0 spiro atoms. The molecule has 0 radical (unpaired) electrons. The van der Waals surface area contributed by atoms with Crippen molar-refractivity contribution in [1.82, 2.24) is 14.6 Å². The zero-order chi connectivity index (χ0) is 21.1. The summed E-state index contributed by atoms with van der Waals surface area (Å²) in [5, 5.41) is -0.440. The third-order valence-electron chi connectivity index (χ3n) is 6.86. The van der Waals surface area contributed by atoms with Crippen molar-refractivity contribution in [3.63, 3.8) is 0 Å². The van der Waals surface area contributed by atoms with Gasteiger partial charge < -0.3 is 9.47 Å². The Hall–Kier alpha value is -1.22. The average molecular weight is 438 g/mol. The van der Waals surface area contributed by atoms with Crippen LogP contribution in [-0.4, -0.2) is 68.0 Å². The Morgan fingerprint density at radius 3 is 2.73 bits per heavy atom. The molecule has 1 aromatic heterocycles. The van der Waals surface area contributed by atoms with Gasteiger partial charge >= 0.3 is 0 Å². The molecule has 8 heteroatoms. The minimum Gasteiger partial charge on any atom is -0.476 e. The highest BCUT2D eigenvalue weighted by Gasteiger charge is 2.36. The summed E-state index contributed by atoms with van der Waals surface area (Å²) in [6, 6.07) is 4.04. The Morgan fingerprint density at radius 1 is 1.17 bits per heavy atom. The molecule has 2 atom stereocenters. The van der Waals surface area contributed by atoms with Crippen LogP contribution in [0.15, 0.2) is 18.3 Å². The number of piperidine rings is 1. The summed E-state index contributed by atoms with van der Waals surface area (Å²) >= 11 is 0. The van der Waals surface area contributed by atoms with Crippen LogP contribution in [0.25, 0.3) is 0 Å². The summed E-state index contributed by atoms with van der Waals surface area (Å²) in [4.78, 5) is 6.85. The first-order valence-electron chi connectivity index (χ1n) is 11.4. The van der Waals surface area contributed by atoms with Gasteiger partial charge in [-0.25, -0.2) is 18.1 Å². The lowest BCUT2D eigenvalue weighted by Gasteiger charge is -2.42. The predicted octanol–water partition coefficient (Wildman–Crippen LogP) is 2.68. The number of hydrogen-bond donors (Lipinski definition) is 1. The minimum atomic E-state index is -3.33. The minimum absolute atomic E-state index is 0.0255. The molecule has 0 amide bonds. The molecule has 4 heterocycles. The van der Waals surface area contributed by atoms with Gasteiger partial charge in [-0.1, -0.05) is 6.07 Å². The van der Waals surface area contributed by atoms with Crippen molar-refractivity contribution in [1.29, 1.82) is 0 Å². The zero-order valence-corrected chi connectivity index (χ0v) is 18.9. The van der Waals surface area contributed by atoms with Gasteiger partial charge in [-0.3, -0.25) is 4.90 Å². The highest BCUT2D eigenvalue weighted by molar-refractivity contribution is 7.90. The van der Waals surface area contributed by atoms with Gasteiger partial charge in [0.15, 0.2) is 0 Å². The lowest BCUT2D eigenvalue weighted by molar-refractivity contribution is -0.0284. The van der Waals surface area contributed by atoms with E-state index in [9.17, 15) is 8.42 Å². The molecule has 2 fully saturated rings. The first-order valence-corrected chi connectivity index (χ1v) is 12.9. The Bertz CT molecular complexity index is 808. The van der Waals surface area contributed by atoms with Crippen molar-refractivity contribution in [2.24, 2.45) is 0 Å². The van der Waals surface area contributed by atoms with E-state index in [1.807, 2.05) is 6.07 Å². The van der Waals surface area contributed by atoms with Crippen LogP contribution < -0.4 is 9.46 Å². The fourth-order valence-corrected chi connectivity index (χ4v) is 5.95. The second-order valence-corrected chi connectivity index (χ2v) is 11.4. The standard InChI is InChI=1S/C22H35N3O4S/c1-16(2)30(26,27)24-20-6-4-12-25-13-14-28-22-19(5-3-11-23-22)17-7-9-18(10-8-17)29-15-21(20)25/h3,5,11,16-18,20-21,24H,4,6-10,12-15H2,1-2H3/t17?,18?,20-,21-/m0/s1. The molecule has 1 aliphatic carbocycles. The molecule has 168 valence electrons. The molecule has 30 heavy (non-hydrogen) atoms. The summed E-state index contributed by atoms with van der Waals surface area (Å²) in [5.74, 6) is 1.23. The number of aromatic nitrogens is 1. The van der Waals surface area contributed by atoms with Gasteiger partial charge in [-0.05, 0) is 70.9 Å². The lowest BCUT2D eigenvalue weighted by Crippen LogP contribution is -2.58. The molecule has 2 bridgehead atoms. The fraction of sp³-hybridized carbons (Fsp3) is 0.773. The number of ether oxygens (including phenoxy) is 2. The number of rotatable bonds is 3. The summed E-state index contributed by atoms with van der Waals surface area (Å²) < 4.78 is 40.6. The lowest BCUT2D eigenvalue weighted by atomic mass is 9.83.